The number of ether oxygens (including phenoxy) is 1. The van der Waals surface area contributed by atoms with E-state index in [1.165, 1.54) is 10.9 Å². The molecular weight excluding hydrogens is 310 g/mol. The maximum absolute atomic E-state index is 12.0. The van der Waals surface area contributed by atoms with Gasteiger partial charge in [-0.05, 0) is 39.8 Å². The predicted molar refractivity (Wildman–Crippen MR) is 88.9 cm³/mol. The van der Waals surface area contributed by atoms with Crippen molar-refractivity contribution in [3.63, 3.8) is 0 Å². The first-order valence-corrected chi connectivity index (χ1v) is 7.89. The van der Waals surface area contributed by atoms with Crippen molar-refractivity contribution < 1.29 is 13.9 Å². The second kappa shape index (κ2) is 7.92. The molecule has 0 aliphatic rings. The lowest BCUT2D eigenvalue weighted by atomic mass is 10.3. The molecule has 0 aromatic carbocycles. The number of furan rings is 1. The molecule has 2 heterocycles. The average molecular weight is 333 g/mol. The Morgan fingerprint density at radius 2 is 2.12 bits per heavy atom. The van der Waals surface area contributed by atoms with Gasteiger partial charge in [-0.25, -0.2) is 4.98 Å². The van der Waals surface area contributed by atoms with Crippen LogP contribution in [0.15, 0.2) is 27.7 Å². The summed E-state index contributed by atoms with van der Waals surface area (Å²) >= 11 is 0. The number of hydrogen-bond acceptors (Lipinski definition) is 5. The van der Waals surface area contributed by atoms with Crippen molar-refractivity contribution in [2.45, 2.75) is 47.0 Å². The topological polar surface area (TPSA) is 86.4 Å². The average Bonchev–Trinajstić information content (AvgIpc) is 3.02. The maximum atomic E-state index is 12.0. The Morgan fingerprint density at radius 1 is 1.38 bits per heavy atom. The highest BCUT2D eigenvalue weighted by Gasteiger charge is 2.11. The molecule has 0 spiro atoms. The molecule has 7 nitrogen and oxygen atoms in total. The van der Waals surface area contributed by atoms with Gasteiger partial charge in [0.1, 0.15) is 12.4 Å². The summed E-state index contributed by atoms with van der Waals surface area (Å²) < 4.78 is 12.3. The number of nitrogens with zero attached hydrogens (tertiary/aromatic N) is 2. The predicted octanol–water partition coefficient (Wildman–Crippen LogP) is 1.81. The Hall–Kier alpha value is -2.41. The van der Waals surface area contributed by atoms with Gasteiger partial charge in [0.05, 0.1) is 12.4 Å². The van der Waals surface area contributed by atoms with E-state index in [1.54, 1.807) is 26.0 Å². The summed E-state index contributed by atoms with van der Waals surface area (Å²) in [5.41, 5.74) is 1.24. The highest BCUT2D eigenvalue weighted by Crippen LogP contribution is 2.10. The zero-order valence-corrected chi connectivity index (χ0v) is 14.5. The summed E-state index contributed by atoms with van der Waals surface area (Å²) in [4.78, 5) is 28.2. The van der Waals surface area contributed by atoms with Gasteiger partial charge in [-0.2, -0.15) is 0 Å². The van der Waals surface area contributed by atoms with Gasteiger partial charge in [0, 0.05) is 24.3 Å². The van der Waals surface area contributed by atoms with E-state index in [-0.39, 0.29) is 23.3 Å². The third-order valence-electron chi connectivity index (χ3n) is 3.60. The normalized spacial score (nSPS) is 11.0. The molecule has 1 N–H and O–H groups in total. The number of aryl methyl sites for hydroxylation is 1. The standard InChI is InChI=1S/C17H23N3O4/c1-11(2)23-9-14-5-6-15(24-14)16(21)18-7-8-20-10-19-13(4)12(3)17(20)22/h5-6,10-11H,7-9H2,1-4H3,(H,18,21). The van der Waals surface area contributed by atoms with Crippen molar-refractivity contribution in [2.75, 3.05) is 6.54 Å². The van der Waals surface area contributed by atoms with E-state index in [0.29, 0.717) is 36.7 Å². The SMILES string of the molecule is Cc1ncn(CCNC(=O)c2ccc(COC(C)C)o2)c(=O)c1C. The number of carbonyl (C=O) groups is 1. The number of rotatable bonds is 7. The molecule has 0 atom stereocenters. The van der Waals surface area contributed by atoms with Crippen LogP contribution in [0.2, 0.25) is 0 Å². The van der Waals surface area contributed by atoms with Crippen LogP contribution in [0.25, 0.3) is 0 Å². The van der Waals surface area contributed by atoms with Crippen LogP contribution < -0.4 is 10.9 Å². The molecule has 2 rings (SSSR count). The minimum absolute atomic E-state index is 0.0946. The molecule has 0 aliphatic heterocycles. The van der Waals surface area contributed by atoms with E-state index >= 15 is 0 Å². The Balaban J connectivity index is 1.88. The zero-order chi connectivity index (χ0) is 17.7. The highest BCUT2D eigenvalue weighted by molar-refractivity contribution is 5.91. The van der Waals surface area contributed by atoms with Crippen molar-refractivity contribution in [3.8, 4) is 0 Å². The quantitative estimate of drug-likeness (QED) is 0.835. The van der Waals surface area contributed by atoms with E-state index in [2.05, 4.69) is 10.3 Å². The van der Waals surface area contributed by atoms with Gasteiger partial charge >= 0.3 is 0 Å². The van der Waals surface area contributed by atoms with Crippen LogP contribution in [0.4, 0.5) is 0 Å². The van der Waals surface area contributed by atoms with Gasteiger partial charge in [0.25, 0.3) is 11.5 Å². The monoisotopic (exact) mass is 333 g/mol. The first-order valence-electron chi connectivity index (χ1n) is 7.89. The van der Waals surface area contributed by atoms with E-state index in [4.69, 9.17) is 9.15 Å². The number of hydrogen-bond donors (Lipinski definition) is 1. The van der Waals surface area contributed by atoms with Gasteiger partial charge in [-0.15, -0.1) is 0 Å². The summed E-state index contributed by atoms with van der Waals surface area (Å²) in [6.07, 6.45) is 1.59. The third kappa shape index (κ3) is 4.55. The first kappa shape index (κ1) is 17.9. The largest absolute Gasteiger partial charge is 0.453 e. The van der Waals surface area contributed by atoms with Gasteiger partial charge in [0.15, 0.2) is 5.76 Å². The summed E-state index contributed by atoms with van der Waals surface area (Å²) in [5.74, 6) is 0.502. The lowest BCUT2D eigenvalue weighted by Crippen LogP contribution is -2.31. The Kier molecular flexibility index (Phi) is 5.92. The Bertz CT molecular complexity index is 761. The first-order chi connectivity index (χ1) is 11.4. The second-order valence-corrected chi connectivity index (χ2v) is 5.84. The minimum Gasteiger partial charge on any atom is -0.453 e. The van der Waals surface area contributed by atoms with Crippen LogP contribution in [0.3, 0.4) is 0 Å². The molecule has 1 amide bonds. The number of amides is 1. The number of carbonyl (C=O) groups excluding carboxylic acids is 1. The molecule has 0 bridgehead atoms. The van der Waals surface area contributed by atoms with Crippen LogP contribution in [-0.2, 0) is 17.9 Å². The van der Waals surface area contributed by atoms with E-state index in [1.807, 2.05) is 13.8 Å². The van der Waals surface area contributed by atoms with Crippen molar-refractivity contribution in [1.29, 1.82) is 0 Å². The van der Waals surface area contributed by atoms with Crippen LogP contribution in [0.1, 0.15) is 41.4 Å². The minimum atomic E-state index is -0.323. The molecule has 0 radical (unpaired) electrons. The summed E-state index contributed by atoms with van der Waals surface area (Å²) in [7, 11) is 0. The molecule has 0 saturated heterocycles. The van der Waals surface area contributed by atoms with Crippen LogP contribution in [0, 0.1) is 13.8 Å². The lowest BCUT2D eigenvalue weighted by Gasteiger charge is -2.08. The Labute approximate surface area is 140 Å². The summed E-state index contributed by atoms with van der Waals surface area (Å²) in [6, 6.07) is 3.33. The fourth-order valence-electron chi connectivity index (χ4n) is 2.04. The lowest BCUT2D eigenvalue weighted by molar-refractivity contribution is 0.0535. The van der Waals surface area contributed by atoms with Gasteiger partial charge in [-0.1, -0.05) is 0 Å². The molecule has 7 heteroatoms. The highest BCUT2D eigenvalue weighted by atomic mass is 16.5. The van der Waals surface area contributed by atoms with Gasteiger partial charge in [0.2, 0.25) is 0 Å². The van der Waals surface area contributed by atoms with Gasteiger partial charge in [-0.3, -0.25) is 14.2 Å². The van der Waals surface area contributed by atoms with Crippen molar-refractivity contribution in [1.82, 2.24) is 14.9 Å². The van der Waals surface area contributed by atoms with E-state index < -0.39 is 0 Å². The van der Waals surface area contributed by atoms with Gasteiger partial charge < -0.3 is 14.5 Å². The molecule has 2 aromatic rings. The molecule has 0 unspecified atom stereocenters. The third-order valence-corrected chi connectivity index (χ3v) is 3.60. The van der Waals surface area contributed by atoms with Crippen LogP contribution >= 0.6 is 0 Å². The van der Waals surface area contributed by atoms with Crippen molar-refractivity contribution in [2.24, 2.45) is 0 Å². The van der Waals surface area contributed by atoms with Crippen molar-refractivity contribution >= 4 is 5.91 Å². The molecule has 130 valence electrons. The van der Waals surface area contributed by atoms with E-state index in [9.17, 15) is 9.59 Å². The fraction of sp³-hybridized carbons (Fsp3) is 0.471. The Morgan fingerprint density at radius 3 is 2.83 bits per heavy atom. The van der Waals surface area contributed by atoms with Crippen LogP contribution in [0.5, 0.6) is 0 Å². The smallest absolute Gasteiger partial charge is 0.287 e. The molecule has 0 fully saturated rings. The molecule has 2 aromatic heterocycles. The fourth-order valence-corrected chi connectivity index (χ4v) is 2.04. The van der Waals surface area contributed by atoms with Crippen LogP contribution in [-0.4, -0.2) is 28.1 Å². The van der Waals surface area contributed by atoms with E-state index in [0.717, 1.165) is 0 Å². The summed E-state index contributed by atoms with van der Waals surface area (Å²) in [6.45, 7) is 8.38. The molecule has 0 saturated carbocycles. The summed E-state index contributed by atoms with van der Waals surface area (Å²) in [5, 5.41) is 2.73. The number of aromatic nitrogens is 2. The molecule has 24 heavy (non-hydrogen) atoms. The maximum Gasteiger partial charge on any atom is 0.287 e. The van der Waals surface area contributed by atoms with Crippen molar-refractivity contribution in [3.05, 3.63) is 51.6 Å². The molecular formula is C17H23N3O4. The zero-order valence-electron chi connectivity index (χ0n) is 14.5. The number of nitrogens with one attached hydrogen (secondary N) is 1. The molecule has 0 aliphatic carbocycles. The second-order valence-electron chi connectivity index (χ2n) is 5.84.